The van der Waals surface area contributed by atoms with E-state index in [1.54, 1.807) is 30.3 Å². The summed E-state index contributed by atoms with van der Waals surface area (Å²) in [7, 11) is 0. The molecule has 164 valence electrons. The van der Waals surface area contributed by atoms with Gasteiger partial charge in [-0.25, -0.2) is 5.01 Å². The van der Waals surface area contributed by atoms with Gasteiger partial charge in [0.05, 0.1) is 22.4 Å². The van der Waals surface area contributed by atoms with Crippen molar-refractivity contribution in [3.8, 4) is 0 Å². The lowest BCUT2D eigenvalue weighted by Crippen LogP contribution is -2.52. The quantitative estimate of drug-likeness (QED) is 0.364. The van der Waals surface area contributed by atoms with Crippen LogP contribution in [0.5, 0.6) is 0 Å². The van der Waals surface area contributed by atoms with E-state index in [4.69, 9.17) is 23.2 Å². The van der Waals surface area contributed by atoms with Crippen molar-refractivity contribution in [1.82, 2.24) is 10.0 Å². The number of allylic oxidation sites excluding steroid dienone is 2. The van der Waals surface area contributed by atoms with Crippen LogP contribution >= 0.6 is 23.2 Å². The first-order chi connectivity index (χ1) is 15.3. The fraction of sp³-hybridized carbons (Fsp3) is 0.250. The lowest BCUT2D eigenvalue weighted by Gasteiger charge is -2.30. The predicted octanol–water partition coefficient (Wildman–Crippen LogP) is 4.57. The minimum absolute atomic E-state index is 0.0432. The number of fused-ring (bicyclic) bond motifs is 1. The van der Waals surface area contributed by atoms with Crippen LogP contribution in [0, 0.1) is 11.8 Å². The summed E-state index contributed by atoms with van der Waals surface area (Å²) in [5.74, 6) is -3.19. The monoisotopic (exact) mass is 470 g/mol. The standard InChI is InChI=1S/C24H20Cl2N2O4/c1-14-7-9-17-19(11-14)24(32)28(23(17)31)27(13-21(29)15-5-3-2-4-6-15)22(30)18-10-8-16(25)12-20(18)26/h2-8,10,12,17,19H,9,11,13H2,1H3/t17-,19+/m1/s1. The molecule has 32 heavy (non-hydrogen) atoms. The molecule has 1 aliphatic carbocycles. The van der Waals surface area contributed by atoms with E-state index in [1.807, 2.05) is 13.0 Å². The van der Waals surface area contributed by atoms with Crippen LogP contribution in [0.2, 0.25) is 10.0 Å². The number of carbonyl (C=O) groups excluding carboxylic acids is 4. The Hall–Kier alpha value is -2.96. The molecule has 0 spiro atoms. The molecule has 0 bridgehead atoms. The van der Waals surface area contributed by atoms with Crippen molar-refractivity contribution in [2.24, 2.45) is 11.8 Å². The molecular formula is C24H20Cl2N2O4. The molecule has 1 saturated heterocycles. The van der Waals surface area contributed by atoms with E-state index in [0.29, 0.717) is 23.4 Å². The Labute approximate surface area is 195 Å². The Morgan fingerprint density at radius 1 is 1.03 bits per heavy atom. The summed E-state index contributed by atoms with van der Waals surface area (Å²) in [4.78, 5) is 52.9. The maximum absolute atomic E-state index is 13.5. The number of ketones is 1. The van der Waals surface area contributed by atoms with Crippen LogP contribution in [-0.4, -0.2) is 40.1 Å². The number of nitrogens with zero attached hydrogens (tertiary/aromatic N) is 2. The van der Waals surface area contributed by atoms with Gasteiger partial charge in [0.1, 0.15) is 6.54 Å². The number of imide groups is 1. The second-order valence-electron chi connectivity index (χ2n) is 7.97. The number of hydrogen-bond acceptors (Lipinski definition) is 4. The van der Waals surface area contributed by atoms with Crippen molar-refractivity contribution in [3.05, 3.63) is 81.4 Å². The summed E-state index contributed by atoms with van der Waals surface area (Å²) in [6, 6.07) is 12.7. The second kappa shape index (κ2) is 8.88. The third-order valence-corrected chi connectivity index (χ3v) is 6.37. The normalized spacial score (nSPS) is 20.1. The third-order valence-electron chi connectivity index (χ3n) is 5.83. The van der Waals surface area contributed by atoms with E-state index < -0.39 is 41.9 Å². The van der Waals surface area contributed by atoms with E-state index in [0.717, 1.165) is 15.6 Å². The SMILES string of the molecule is CC1=CC[C@H]2C(=O)N(N(CC(=O)c3ccccc3)C(=O)c3ccc(Cl)cc3Cl)C(=O)[C@H]2C1. The number of benzene rings is 2. The maximum atomic E-state index is 13.5. The van der Waals surface area contributed by atoms with Crippen molar-refractivity contribution in [2.45, 2.75) is 19.8 Å². The topological polar surface area (TPSA) is 74.8 Å². The molecule has 3 amide bonds. The summed E-state index contributed by atoms with van der Waals surface area (Å²) in [6.07, 6.45) is 2.81. The molecule has 0 saturated carbocycles. The highest BCUT2D eigenvalue weighted by atomic mass is 35.5. The number of hydrogen-bond donors (Lipinski definition) is 0. The van der Waals surface area contributed by atoms with Gasteiger partial charge in [-0.2, -0.15) is 5.01 Å². The molecule has 2 atom stereocenters. The highest BCUT2D eigenvalue weighted by Gasteiger charge is 2.51. The molecule has 6 nitrogen and oxygen atoms in total. The Kier molecular flexibility index (Phi) is 6.17. The number of carbonyl (C=O) groups is 4. The average molecular weight is 471 g/mol. The van der Waals surface area contributed by atoms with Crippen molar-refractivity contribution in [3.63, 3.8) is 0 Å². The minimum Gasteiger partial charge on any atom is -0.292 e. The van der Waals surface area contributed by atoms with Crippen LogP contribution in [0.3, 0.4) is 0 Å². The van der Waals surface area contributed by atoms with Gasteiger partial charge in [0.2, 0.25) is 0 Å². The van der Waals surface area contributed by atoms with Gasteiger partial charge in [-0.3, -0.25) is 19.2 Å². The first kappa shape index (κ1) is 22.2. The summed E-state index contributed by atoms with van der Waals surface area (Å²) in [5, 5.41) is 2.16. The van der Waals surface area contributed by atoms with Gasteiger partial charge in [-0.15, -0.1) is 0 Å². The molecule has 2 aliphatic rings. The van der Waals surface area contributed by atoms with Crippen molar-refractivity contribution in [2.75, 3.05) is 6.54 Å². The van der Waals surface area contributed by atoms with Crippen molar-refractivity contribution >= 4 is 46.7 Å². The van der Waals surface area contributed by atoms with Crippen LogP contribution in [0.1, 0.15) is 40.5 Å². The van der Waals surface area contributed by atoms with Gasteiger partial charge in [-0.05, 0) is 38.0 Å². The fourth-order valence-corrected chi connectivity index (χ4v) is 4.63. The Balaban J connectivity index is 1.72. The van der Waals surface area contributed by atoms with Crippen LogP contribution in [0.25, 0.3) is 0 Å². The summed E-state index contributed by atoms with van der Waals surface area (Å²) in [5.41, 5.74) is 1.43. The van der Waals surface area contributed by atoms with Gasteiger partial charge >= 0.3 is 0 Å². The Morgan fingerprint density at radius 2 is 1.72 bits per heavy atom. The van der Waals surface area contributed by atoms with Gasteiger partial charge < -0.3 is 0 Å². The van der Waals surface area contributed by atoms with E-state index >= 15 is 0 Å². The van der Waals surface area contributed by atoms with Gasteiger partial charge in [0.25, 0.3) is 17.7 Å². The average Bonchev–Trinajstić information content (AvgIpc) is 3.01. The molecule has 2 aromatic rings. The smallest absolute Gasteiger partial charge is 0.274 e. The number of amides is 3. The van der Waals surface area contributed by atoms with Crippen molar-refractivity contribution < 1.29 is 19.2 Å². The summed E-state index contributed by atoms with van der Waals surface area (Å²) in [6.45, 7) is 1.43. The fourth-order valence-electron chi connectivity index (χ4n) is 4.14. The zero-order valence-electron chi connectivity index (χ0n) is 17.3. The van der Waals surface area contributed by atoms with E-state index in [1.165, 1.54) is 18.2 Å². The number of Topliss-reactive ketones (excluding diaryl/α,β-unsaturated/α-hetero) is 1. The minimum atomic E-state index is -0.721. The first-order valence-electron chi connectivity index (χ1n) is 10.2. The molecule has 8 heteroatoms. The number of rotatable bonds is 5. The summed E-state index contributed by atoms with van der Waals surface area (Å²) < 4.78 is 0. The van der Waals surface area contributed by atoms with E-state index in [2.05, 4.69) is 0 Å². The zero-order chi connectivity index (χ0) is 23.0. The highest BCUT2D eigenvalue weighted by Crippen LogP contribution is 2.39. The molecule has 4 rings (SSSR count). The lowest BCUT2D eigenvalue weighted by molar-refractivity contribution is -0.154. The second-order valence-corrected chi connectivity index (χ2v) is 8.81. The lowest BCUT2D eigenvalue weighted by atomic mass is 9.82. The van der Waals surface area contributed by atoms with Crippen LogP contribution in [0.4, 0.5) is 0 Å². The molecule has 1 aliphatic heterocycles. The summed E-state index contributed by atoms with van der Waals surface area (Å²) >= 11 is 12.2. The zero-order valence-corrected chi connectivity index (χ0v) is 18.8. The van der Waals surface area contributed by atoms with Gasteiger partial charge in [-0.1, -0.05) is 65.2 Å². The molecule has 0 aromatic heterocycles. The molecule has 0 unspecified atom stereocenters. The molecule has 1 fully saturated rings. The Bertz CT molecular complexity index is 1150. The molecular weight excluding hydrogens is 451 g/mol. The van der Waals surface area contributed by atoms with Gasteiger partial charge in [0.15, 0.2) is 5.78 Å². The molecule has 1 heterocycles. The van der Waals surface area contributed by atoms with E-state index in [-0.39, 0.29) is 10.6 Å². The molecule has 2 aromatic carbocycles. The molecule has 0 radical (unpaired) electrons. The van der Waals surface area contributed by atoms with Crippen LogP contribution < -0.4 is 0 Å². The van der Waals surface area contributed by atoms with Gasteiger partial charge in [0, 0.05) is 10.6 Å². The highest BCUT2D eigenvalue weighted by molar-refractivity contribution is 6.36. The van der Waals surface area contributed by atoms with Crippen LogP contribution in [-0.2, 0) is 9.59 Å². The van der Waals surface area contributed by atoms with Crippen LogP contribution in [0.15, 0.2) is 60.2 Å². The number of halogens is 2. The third kappa shape index (κ3) is 4.08. The number of hydrazine groups is 1. The first-order valence-corrected chi connectivity index (χ1v) is 10.9. The van der Waals surface area contributed by atoms with Crippen molar-refractivity contribution in [1.29, 1.82) is 0 Å². The maximum Gasteiger partial charge on any atom is 0.274 e. The van der Waals surface area contributed by atoms with E-state index in [9.17, 15) is 19.2 Å². The molecule has 0 N–H and O–H groups in total. The Morgan fingerprint density at radius 3 is 2.41 bits per heavy atom. The largest absolute Gasteiger partial charge is 0.292 e. The predicted molar refractivity (Wildman–Crippen MR) is 120 cm³/mol.